The Morgan fingerprint density at radius 1 is 1.36 bits per heavy atom. The molecule has 0 radical (unpaired) electrons. The van der Waals surface area contributed by atoms with Gasteiger partial charge >= 0.3 is 16.2 Å². The van der Waals surface area contributed by atoms with Crippen LogP contribution in [0.2, 0.25) is 0 Å². The zero-order chi connectivity index (χ0) is 16.3. The van der Waals surface area contributed by atoms with Crippen LogP contribution in [0.25, 0.3) is 0 Å². The molecule has 8 nitrogen and oxygen atoms in total. The number of ether oxygens (including phenoxy) is 1. The second-order valence-electron chi connectivity index (χ2n) is 4.52. The molecule has 1 aromatic carbocycles. The Kier molecular flexibility index (Phi) is 4.36. The molecule has 2 rings (SSSR count). The Bertz CT molecular complexity index is 756. The SMILES string of the molecule is COC(=O)c1ccc(C)c(C)c1NS(=O)(=O)N1N=CC=CN1. The van der Waals surface area contributed by atoms with Gasteiger partial charge in [-0.1, -0.05) is 10.6 Å². The number of hydrogen-bond donors (Lipinski definition) is 2. The van der Waals surface area contributed by atoms with Crippen LogP contribution in [0, 0.1) is 13.8 Å². The molecule has 0 unspecified atom stereocenters. The van der Waals surface area contributed by atoms with Gasteiger partial charge in [-0.2, -0.15) is 8.42 Å². The minimum Gasteiger partial charge on any atom is -0.465 e. The molecule has 22 heavy (non-hydrogen) atoms. The predicted octanol–water partition coefficient (Wildman–Crippen LogP) is 1.07. The molecule has 0 saturated heterocycles. The second kappa shape index (κ2) is 6.06. The van der Waals surface area contributed by atoms with E-state index >= 15 is 0 Å². The topological polar surface area (TPSA) is 100 Å². The molecule has 1 aliphatic rings. The van der Waals surface area contributed by atoms with E-state index < -0.39 is 16.2 Å². The van der Waals surface area contributed by atoms with E-state index in [0.29, 0.717) is 10.1 Å². The van der Waals surface area contributed by atoms with E-state index in [4.69, 9.17) is 0 Å². The number of anilines is 1. The summed E-state index contributed by atoms with van der Waals surface area (Å²) in [6.07, 6.45) is 4.28. The van der Waals surface area contributed by atoms with Gasteiger partial charge in [-0.05, 0) is 37.1 Å². The van der Waals surface area contributed by atoms with E-state index in [1.807, 2.05) is 6.92 Å². The van der Waals surface area contributed by atoms with Crippen LogP contribution in [0.1, 0.15) is 21.5 Å². The van der Waals surface area contributed by atoms with Crippen molar-refractivity contribution in [3.05, 3.63) is 41.1 Å². The number of hydrogen-bond acceptors (Lipinski definition) is 6. The van der Waals surface area contributed by atoms with Crippen LogP contribution >= 0.6 is 0 Å². The fourth-order valence-corrected chi connectivity index (χ4v) is 2.80. The van der Waals surface area contributed by atoms with Gasteiger partial charge in [0, 0.05) is 6.20 Å². The Balaban J connectivity index is 2.44. The van der Waals surface area contributed by atoms with Gasteiger partial charge in [-0.25, -0.2) is 4.79 Å². The number of allylic oxidation sites excluding steroid dienone is 1. The fourth-order valence-electron chi connectivity index (χ4n) is 1.81. The van der Waals surface area contributed by atoms with Crippen molar-refractivity contribution < 1.29 is 17.9 Å². The monoisotopic (exact) mass is 324 g/mol. The summed E-state index contributed by atoms with van der Waals surface area (Å²) in [5.74, 6) is -0.629. The number of nitrogens with one attached hydrogen (secondary N) is 2. The number of benzene rings is 1. The summed E-state index contributed by atoms with van der Waals surface area (Å²) in [6, 6.07) is 3.23. The fraction of sp³-hybridized carbons (Fsp3) is 0.231. The van der Waals surface area contributed by atoms with E-state index in [9.17, 15) is 13.2 Å². The second-order valence-corrected chi connectivity index (χ2v) is 6.02. The van der Waals surface area contributed by atoms with E-state index in [-0.39, 0.29) is 11.3 Å². The van der Waals surface area contributed by atoms with Crippen molar-refractivity contribution in [3.63, 3.8) is 0 Å². The van der Waals surface area contributed by atoms with Crippen LogP contribution in [-0.4, -0.2) is 32.2 Å². The number of carbonyl (C=O) groups excluding carboxylic acids is 1. The lowest BCUT2D eigenvalue weighted by atomic mass is 10.0. The van der Waals surface area contributed by atoms with Crippen molar-refractivity contribution in [1.29, 1.82) is 0 Å². The number of nitrogens with zero attached hydrogens (tertiary/aromatic N) is 2. The first-order valence-electron chi connectivity index (χ1n) is 6.33. The van der Waals surface area contributed by atoms with Crippen molar-refractivity contribution in [2.45, 2.75) is 13.8 Å². The Morgan fingerprint density at radius 2 is 2.09 bits per heavy atom. The maximum Gasteiger partial charge on any atom is 0.357 e. The minimum absolute atomic E-state index is 0.130. The van der Waals surface area contributed by atoms with Crippen LogP contribution in [0.3, 0.4) is 0 Å². The van der Waals surface area contributed by atoms with E-state index in [2.05, 4.69) is 20.0 Å². The highest BCUT2D eigenvalue weighted by Gasteiger charge is 2.25. The quantitative estimate of drug-likeness (QED) is 0.807. The molecule has 0 aromatic heterocycles. The number of rotatable bonds is 4. The summed E-state index contributed by atoms with van der Waals surface area (Å²) in [7, 11) is -2.79. The Hall–Kier alpha value is -2.55. The number of methoxy groups -OCH3 is 1. The molecule has 0 aliphatic carbocycles. The molecule has 0 amide bonds. The molecule has 0 fully saturated rings. The van der Waals surface area contributed by atoms with Gasteiger partial charge in [-0.15, -0.1) is 5.10 Å². The molecule has 9 heteroatoms. The van der Waals surface area contributed by atoms with Crippen molar-refractivity contribution in [1.82, 2.24) is 9.95 Å². The minimum atomic E-state index is -4.02. The summed E-state index contributed by atoms with van der Waals surface area (Å²) in [5, 5.41) is 3.69. The highest BCUT2D eigenvalue weighted by molar-refractivity contribution is 7.90. The maximum absolute atomic E-state index is 12.3. The number of carbonyl (C=O) groups is 1. The number of hydrazone groups is 1. The van der Waals surface area contributed by atoms with Gasteiger partial charge in [0.05, 0.1) is 24.6 Å². The molecule has 0 atom stereocenters. The molecule has 0 bridgehead atoms. The molecule has 0 saturated carbocycles. The van der Waals surface area contributed by atoms with Gasteiger partial charge in [0.1, 0.15) is 0 Å². The summed E-state index contributed by atoms with van der Waals surface area (Å²) < 4.78 is 32.4. The lowest BCUT2D eigenvalue weighted by molar-refractivity contribution is 0.0602. The van der Waals surface area contributed by atoms with Crippen LogP contribution in [0.4, 0.5) is 5.69 Å². The zero-order valence-corrected chi connectivity index (χ0v) is 13.1. The summed E-state index contributed by atoms with van der Waals surface area (Å²) in [4.78, 5) is 11.8. The number of esters is 1. The Morgan fingerprint density at radius 3 is 2.68 bits per heavy atom. The molecule has 1 heterocycles. The molecule has 1 aromatic rings. The standard InChI is InChI=1S/C13H16N4O4S/c1-9-5-6-11(13(18)21-3)12(10(9)2)16-22(19,20)17-14-7-4-8-15-17/h4-8,14,16H,1-3H3. The van der Waals surface area contributed by atoms with Gasteiger partial charge in [0.2, 0.25) is 0 Å². The van der Waals surface area contributed by atoms with Gasteiger partial charge < -0.3 is 4.74 Å². The zero-order valence-electron chi connectivity index (χ0n) is 12.3. The molecule has 0 spiro atoms. The van der Waals surface area contributed by atoms with Crippen molar-refractivity contribution >= 4 is 28.1 Å². The first-order chi connectivity index (χ1) is 10.4. The summed E-state index contributed by atoms with van der Waals surface area (Å²) >= 11 is 0. The molecular weight excluding hydrogens is 308 g/mol. The summed E-state index contributed by atoms with van der Waals surface area (Å²) in [6.45, 7) is 3.53. The van der Waals surface area contributed by atoms with Gasteiger partial charge in [-0.3, -0.25) is 10.1 Å². The van der Waals surface area contributed by atoms with Gasteiger partial charge in [0.25, 0.3) is 0 Å². The average molecular weight is 324 g/mol. The molecule has 1 aliphatic heterocycles. The molecule has 118 valence electrons. The lowest BCUT2D eigenvalue weighted by Crippen LogP contribution is -2.41. The van der Waals surface area contributed by atoms with Crippen molar-refractivity contribution in [3.8, 4) is 0 Å². The average Bonchev–Trinajstić information content (AvgIpc) is 2.52. The van der Waals surface area contributed by atoms with E-state index in [1.54, 1.807) is 19.1 Å². The van der Waals surface area contributed by atoms with Crippen molar-refractivity contribution in [2.24, 2.45) is 5.10 Å². The highest BCUT2D eigenvalue weighted by atomic mass is 32.2. The third kappa shape index (κ3) is 3.03. The van der Waals surface area contributed by atoms with Crippen LogP contribution in [0.15, 0.2) is 29.5 Å². The predicted molar refractivity (Wildman–Crippen MR) is 82.4 cm³/mol. The van der Waals surface area contributed by atoms with E-state index in [0.717, 1.165) is 5.56 Å². The van der Waals surface area contributed by atoms with Gasteiger partial charge in [0.15, 0.2) is 0 Å². The highest BCUT2D eigenvalue weighted by Crippen LogP contribution is 2.26. The van der Waals surface area contributed by atoms with E-state index in [1.165, 1.54) is 25.6 Å². The molecular formula is C13H16N4O4S. The normalized spacial score (nSPS) is 13.7. The smallest absolute Gasteiger partial charge is 0.357 e. The lowest BCUT2D eigenvalue weighted by Gasteiger charge is -2.22. The van der Waals surface area contributed by atoms with Crippen LogP contribution < -0.4 is 10.1 Å². The first kappa shape index (κ1) is 15.8. The third-order valence-corrected chi connectivity index (χ3v) is 4.26. The largest absolute Gasteiger partial charge is 0.465 e. The first-order valence-corrected chi connectivity index (χ1v) is 7.77. The van der Waals surface area contributed by atoms with Crippen molar-refractivity contribution in [2.75, 3.05) is 11.8 Å². The number of aryl methyl sites for hydroxylation is 1. The Labute approximate surface area is 128 Å². The third-order valence-electron chi connectivity index (χ3n) is 3.14. The maximum atomic E-state index is 12.3. The van der Waals surface area contributed by atoms with Crippen LogP contribution in [0.5, 0.6) is 0 Å². The van der Waals surface area contributed by atoms with Crippen LogP contribution in [-0.2, 0) is 14.9 Å². The summed E-state index contributed by atoms with van der Waals surface area (Å²) in [5.41, 5.74) is 4.22. The number of hydrazine groups is 1. The molecule has 2 N–H and O–H groups in total.